The second kappa shape index (κ2) is 2.72. The van der Waals surface area contributed by atoms with Gasteiger partial charge in [-0.25, -0.2) is 0 Å². The Morgan fingerprint density at radius 1 is 1.78 bits per heavy atom. The molecule has 0 aromatic rings. The van der Waals surface area contributed by atoms with Crippen molar-refractivity contribution in [2.75, 3.05) is 0 Å². The van der Waals surface area contributed by atoms with Crippen LogP contribution in [-0.4, -0.2) is 25.7 Å². The summed E-state index contributed by atoms with van der Waals surface area (Å²) in [5.41, 5.74) is 5.57. The summed E-state index contributed by atoms with van der Waals surface area (Å²) in [6.45, 7) is 4.40. The molecule has 2 N–H and O–H groups in total. The van der Waals surface area contributed by atoms with E-state index in [0.717, 1.165) is 16.0 Å². The van der Waals surface area contributed by atoms with Crippen LogP contribution < -0.4 is 5.73 Å². The van der Waals surface area contributed by atoms with Crippen molar-refractivity contribution in [3.8, 4) is 0 Å². The Morgan fingerprint density at radius 3 is 2.67 bits per heavy atom. The monoisotopic (exact) mass is 192 g/mol. The van der Waals surface area contributed by atoms with Gasteiger partial charge in [0.2, 0.25) is 0 Å². The Kier molecular flexibility index (Phi) is 2.14. The molecule has 0 fully saturated rings. The Balaban J connectivity index is 2.53. The van der Waals surface area contributed by atoms with E-state index in [2.05, 4.69) is 18.8 Å². The molecule has 1 heterocycles. The van der Waals surface area contributed by atoms with Gasteiger partial charge in [-0.1, -0.05) is 0 Å². The van der Waals surface area contributed by atoms with Crippen molar-refractivity contribution < 1.29 is 0 Å². The third-order valence-corrected chi connectivity index (χ3v) is 3.73. The predicted octanol–water partition coefficient (Wildman–Crippen LogP) is 0.606. The number of nitrogens with zero attached hydrogens (tertiary/aromatic N) is 1. The average Bonchev–Trinajstić information content (AvgIpc) is 2.10. The van der Waals surface area contributed by atoms with E-state index in [1.54, 1.807) is 0 Å². The normalized spacial score (nSPS) is 34.7. The van der Waals surface area contributed by atoms with Crippen LogP contribution in [0.2, 0.25) is 4.82 Å². The third kappa shape index (κ3) is 1.46. The molecule has 2 nitrogen and oxygen atoms in total. The molecule has 0 saturated carbocycles. The van der Waals surface area contributed by atoms with E-state index in [1.807, 2.05) is 0 Å². The molecule has 0 aliphatic carbocycles. The van der Waals surface area contributed by atoms with Crippen LogP contribution in [0.15, 0.2) is 4.99 Å². The van der Waals surface area contributed by atoms with Crippen LogP contribution in [0.3, 0.4) is 0 Å². The maximum atomic E-state index is 5.57. The first kappa shape index (κ1) is 7.10. The summed E-state index contributed by atoms with van der Waals surface area (Å²) in [7, 11) is 0. The van der Waals surface area contributed by atoms with Gasteiger partial charge in [-0.15, -0.1) is 0 Å². The molecule has 0 aromatic carbocycles. The van der Waals surface area contributed by atoms with Gasteiger partial charge in [0.25, 0.3) is 0 Å². The van der Waals surface area contributed by atoms with Crippen LogP contribution in [-0.2, 0) is 0 Å². The van der Waals surface area contributed by atoms with Gasteiger partial charge in [0.1, 0.15) is 0 Å². The van der Waals surface area contributed by atoms with Crippen LogP contribution >= 0.6 is 0 Å². The summed E-state index contributed by atoms with van der Waals surface area (Å²) in [6, 6.07) is 0.532. The van der Waals surface area contributed by atoms with Gasteiger partial charge in [-0.2, -0.15) is 0 Å². The summed E-state index contributed by atoms with van der Waals surface area (Å²) in [4.78, 5) is 5.05. The van der Waals surface area contributed by atoms with Gasteiger partial charge in [-0.05, 0) is 0 Å². The van der Waals surface area contributed by atoms with E-state index >= 15 is 0 Å². The second-order valence-electron chi connectivity index (χ2n) is 2.27. The van der Waals surface area contributed by atoms with Crippen molar-refractivity contribution >= 4 is 19.7 Å². The first-order valence-electron chi connectivity index (χ1n) is 3.24. The van der Waals surface area contributed by atoms with Gasteiger partial charge in [0.15, 0.2) is 0 Å². The van der Waals surface area contributed by atoms with Crippen LogP contribution in [0.4, 0.5) is 0 Å². The Morgan fingerprint density at radius 2 is 2.44 bits per heavy atom. The van der Waals surface area contributed by atoms with Gasteiger partial charge >= 0.3 is 61.5 Å². The number of hydrogen-bond acceptors (Lipinski definition) is 2. The number of rotatable bonds is 1. The summed E-state index contributed by atoms with van der Waals surface area (Å²) in [6.07, 6.45) is 1.14. The van der Waals surface area contributed by atoms with Crippen LogP contribution in [0.1, 0.15) is 20.3 Å². The standard InChI is InChI=1S/C6H12N2Se/c1-3-5-4(2)9-6(7)8-5/h4-5H,3H2,1-2H3,(H2,7,8)/t4-,5-/m0/s1. The fourth-order valence-corrected chi connectivity index (χ4v) is 3.06. The molecule has 0 aromatic heterocycles. The molecule has 0 amide bonds. The van der Waals surface area contributed by atoms with E-state index in [1.165, 1.54) is 0 Å². The van der Waals surface area contributed by atoms with Crippen molar-refractivity contribution in [3.63, 3.8) is 0 Å². The van der Waals surface area contributed by atoms with Crippen molar-refractivity contribution in [1.29, 1.82) is 0 Å². The van der Waals surface area contributed by atoms with E-state index < -0.39 is 0 Å². The zero-order valence-corrected chi connectivity index (χ0v) is 7.51. The fraction of sp³-hybridized carbons (Fsp3) is 0.833. The minimum atomic E-state index is 0.487. The Labute approximate surface area is 62.1 Å². The summed E-state index contributed by atoms with van der Waals surface area (Å²) in [5, 5.41) is 0. The average molecular weight is 191 g/mol. The van der Waals surface area contributed by atoms with Crippen molar-refractivity contribution in [1.82, 2.24) is 0 Å². The Bertz CT molecular complexity index is 133. The van der Waals surface area contributed by atoms with Crippen molar-refractivity contribution in [3.05, 3.63) is 0 Å². The molecule has 0 bridgehead atoms. The first-order valence-corrected chi connectivity index (χ1v) is 5.08. The number of hydrogen-bond donors (Lipinski definition) is 1. The molecular weight excluding hydrogens is 179 g/mol. The van der Waals surface area contributed by atoms with Gasteiger partial charge in [0.05, 0.1) is 0 Å². The molecule has 0 unspecified atom stereocenters. The molecule has 1 rings (SSSR count). The van der Waals surface area contributed by atoms with E-state index in [4.69, 9.17) is 5.73 Å². The molecule has 0 spiro atoms. The van der Waals surface area contributed by atoms with Gasteiger partial charge in [-0.3, -0.25) is 0 Å². The second-order valence-corrected chi connectivity index (χ2v) is 5.20. The number of aliphatic imine (C=N–C) groups is 1. The number of nitrogens with two attached hydrogens (primary N) is 1. The molecule has 0 radical (unpaired) electrons. The van der Waals surface area contributed by atoms with Gasteiger partial charge in [0, 0.05) is 0 Å². The van der Waals surface area contributed by atoms with E-state index in [-0.39, 0.29) is 0 Å². The molecule has 1 aliphatic rings. The van der Waals surface area contributed by atoms with Crippen LogP contribution in [0.25, 0.3) is 0 Å². The Hall–Kier alpha value is -0.0105. The zero-order valence-electron chi connectivity index (χ0n) is 5.79. The molecule has 0 saturated heterocycles. The van der Waals surface area contributed by atoms with Crippen LogP contribution in [0, 0.1) is 0 Å². The quantitative estimate of drug-likeness (QED) is 0.606. The predicted molar refractivity (Wildman–Crippen MR) is 40.9 cm³/mol. The molecule has 2 atom stereocenters. The van der Waals surface area contributed by atoms with E-state index in [9.17, 15) is 0 Å². The first-order chi connectivity index (χ1) is 4.24. The molecular formula is C6H12N2Se. The van der Waals surface area contributed by atoms with Crippen molar-refractivity contribution in [2.24, 2.45) is 10.7 Å². The molecule has 3 heteroatoms. The third-order valence-electron chi connectivity index (χ3n) is 1.56. The van der Waals surface area contributed by atoms with Gasteiger partial charge < -0.3 is 0 Å². The number of amidine groups is 1. The topological polar surface area (TPSA) is 38.4 Å². The zero-order chi connectivity index (χ0) is 6.85. The molecule has 1 aliphatic heterocycles. The summed E-state index contributed by atoms with van der Waals surface area (Å²) < 4.78 is 0.904. The van der Waals surface area contributed by atoms with Crippen molar-refractivity contribution in [2.45, 2.75) is 31.1 Å². The van der Waals surface area contributed by atoms with Crippen LogP contribution in [0.5, 0.6) is 0 Å². The summed E-state index contributed by atoms with van der Waals surface area (Å²) >= 11 is 0.487. The minimum absolute atomic E-state index is 0.487. The SMILES string of the molecule is CC[C@@H]1N=C(N)[Se][C@H]1C. The molecule has 52 valence electrons. The maximum absolute atomic E-state index is 5.57. The fourth-order valence-electron chi connectivity index (χ4n) is 0.991. The molecule has 9 heavy (non-hydrogen) atoms. The summed E-state index contributed by atoms with van der Waals surface area (Å²) in [5.74, 6) is 0. The van der Waals surface area contributed by atoms with E-state index in [0.29, 0.717) is 21.0 Å².